The fourth-order valence-electron chi connectivity index (χ4n) is 3.50. The minimum absolute atomic E-state index is 0.0121. The van der Waals surface area contributed by atoms with E-state index in [2.05, 4.69) is 26.5 Å². The first-order valence-electron chi connectivity index (χ1n) is 9.89. The van der Waals surface area contributed by atoms with Gasteiger partial charge in [-0.1, -0.05) is 0 Å². The number of hydrogen-bond acceptors (Lipinski definition) is 9. The van der Waals surface area contributed by atoms with Gasteiger partial charge in [0.1, 0.15) is 35.3 Å². The summed E-state index contributed by atoms with van der Waals surface area (Å²) in [6, 6.07) is 3.82. The molecule has 0 bridgehead atoms. The van der Waals surface area contributed by atoms with E-state index in [-0.39, 0.29) is 18.2 Å². The maximum atomic E-state index is 9.66. The standard InChI is InChI=1S/C20H25N7O4/c1-12(17(29-4)11-28-3)27-14(6-21)5-13-7-22-20(24-18(13)27)23-16-8-26(2)25-19(16)31-15-9-30-10-15/h5,7-8,12,15,17H,9-11H2,1-4H3,(H,22,23,24)/t12-,17-/m0/s1. The van der Waals surface area contributed by atoms with Gasteiger partial charge in [0.2, 0.25) is 5.95 Å². The zero-order valence-electron chi connectivity index (χ0n) is 17.9. The molecular formula is C20H25N7O4. The lowest BCUT2D eigenvalue weighted by atomic mass is 10.2. The first-order chi connectivity index (χ1) is 15.0. The summed E-state index contributed by atoms with van der Waals surface area (Å²) >= 11 is 0. The van der Waals surface area contributed by atoms with Gasteiger partial charge in [-0.2, -0.15) is 10.2 Å². The van der Waals surface area contributed by atoms with E-state index in [0.29, 0.717) is 48.7 Å². The van der Waals surface area contributed by atoms with Gasteiger partial charge in [0.15, 0.2) is 0 Å². The molecule has 3 aromatic heterocycles. The SMILES string of the molecule is COC[C@H](OC)[C@H](C)n1c(C#N)cc2cnc(Nc3cn(C)nc3OC3COC3)nc21. The molecule has 0 amide bonds. The van der Waals surface area contributed by atoms with E-state index in [0.717, 1.165) is 5.39 Å². The van der Waals surface area contributed by atoms with Gasteiger partial charge < -0.3 is 28.8 Å². The molecule has 1 aliphatic heterocycles. The number of aromatic nitrogens is 5. The Labute approximate surface area is 179 Å². The van der Waals surface area contributed by atoms with Gasteiger partial charge in [-0.25, -0.2) is 4.98 Å². The average Bonchev–Trinajstić information content (AvgIpc) is 3.27. The second-order valence-corrected chi connectivity index (χ2v) is 7.38. The van der Waals surface area contributed by atoms with Gasteiger partial charge in [-0.15, -0.1) is 5.10 Å². The Morgan fingerprint density at radius 2 is 2.19 bits per heavy atom. The predicted molar refractivity (Wildman–Crippen MR) is 111 cm³/mol. The highest BCUT2D eigenvalue weighted by Gasteiger charge is 2.25. The number of nitrogens with zero attached hydrogens (tertiary/aromatic N) is 6. The van der Waals surface area contributed by atoms with Gasteiger partial charge in [-0.05, 0) is 13.0 Å². The van der Waals surface area contributed by atoms with Crippen molar-refractivity contribution in [2.45, 2.75) is 25.2 Å². The summed E-state index contributed by atoms with van der Waals surface area (Å²) < 4.78 is 25.4. The van der Waals surface area contributed by atoms with Crippen molar-refractivity contribution in [2.75, 3.05) is 39.4 Å². The number of anilines is 2. The average molecular weight is 427 g/mol. The molecule has 2 atom stereocenters. The highest BCUT2D eigenvalue weighted by Crippen LogP contribution is 2.29. The van der Waals surface area contributed by atoms with Crippen LogP contribution in [0.2, 0.25) is 0 Å². The zero-order valence-corrected chi connectivity index (χ0v) is 17.9. The van der Waals surface area contributed by atoms with Gasteiger partial charge in [0.05, 0.1) is 32.1 Å². The molecule has 1 fully saturated rings. The molecule has 3 aromatic rings. The third kappa shape index (κ3) is 4.18. The molecular weight excluding hydrogens is 402 g/mol. The molecule has 0 aliphatic carbocycles. The molecule has 11 heteroatoms. The summed E-state index contributed by atoms with van der Waals surface area (Å²) in [4.78, 5) is 9.07. The number of hydrogen-bond donors (Lipinski definition) is 1. The minimum Gasteiger partial charge on any atom is -0.467 e. The highest BCUT2D eigenvalue weighted by molar-refractivity contribution is 5.79. The van der Waals surface area contributed by atoms with Gasteiger partial charge in [0.25, 0.3) is 5.88 Å². The van der Waals surface area contributed by atoms with Crippen molar-refractivity contribution in [1.82, 2.24) is 24.3 Å². The highest BCUT2D eigenvalue weighted by atomic mass is 16.6. The van der Waals surface area contributed by atoms with Crippen LogP contribution in [0.25, 0.3) is 11.0 Å². The molecule has 164 valence electrons. The Bertz CT molecular complexity index is 1100. The van der Waals surface area contributed by atoms with E-state index < -0.39 is 0 Å². The van der Waals surface area contributed by atoms with Crippen LogP contribution in [-0.2, 0) is 21.3 Å². The Balaban J connectivity index is 1.67. The third-order valence-corrected chi connectivity index (χ3v) is 5.20. The second kappa shape index (κ2) is 8.89. The molecule has 4 heterocycles. The Hall–Kier alpha value is -3.20. The van der Waals surface area contributed by atoms with Crippen LogP contribution < -0.4 is 10.1 Å². The van der Waals surface area contributed by atoms with Crippen molar-refractivity contribution in [3.63, 3.8) is 0 Å². The fraction of sp³-hybridized carbons (Fsp3) is 0.500. The molecule has 0 unspecified atom stereocenters. The summed E-state index contributed by atoms with van der Waals surface area (Å²) in [5.74, 6) is 0.826. The normalized spacial score (nSPS) is 16.0. The van der Waals surface area contributed by atoms with Crippen molar-refractivity contribution >= 4 is 22.7 Å². The van der Waals surface area contributed by atoms with E-state index in [1.807, 2.05) is 18.5 Å². The van der Waals surface area contributed by atoms with E-state index >= 15 is 0 Å². The van der Waals surface area contributed by atoms with Crippen LogP contribution in [0.1, 0.15) is 18.7 Å². The maximum Gasteiger partial charge on any atom is 0.257 e. The fourth-order valence-corrected chi connectivity index (χ4v) is 3.50. The molecule has 0 aromatic carbocycles. The molecule has 0 saturated carbocycles. The van der Waals surface area contributed by atoms with Crippen LogP contribution in [0.5, 0.6) is 5.88 Å². The molecule has 1 N–H and O–H groups in total. The van der Waals surface area contributed by atoms with Crippen LogP contribution >= 0.6 is 0 Å². The third-order valence-electron chi connectivity index (χ3n) is 5.20. The van der Waals surface area contributed by atoms with E-state index in [1.54, 1.807) is 37.4 Å². The summed E-state index contributed by atoms with van der Waals surface area (Å²) in [5, 5.41) is 18.0. The molecule has 0 spiro atoms. The summed E-state index contributed by atoms with van der Waals surface area (Å²) in [6.45, 7) is 3.45. The van der Waals surface area contributed by atoms with Gasteiger partial charge >= 0.3 is 0 Å². The first kappa shape index (κ1) is 21.0. The summed E-state index contributed by atoms with van der Waals surface area (Å²) in [5.41, 5.74) is 1.75. The lowest BCUT2D eigenvalue weighted by Gasteiger charge is -2.26. The Morgan fingerprint density at radius 3 is 2.84 bits per heavy atom. The molecule has 1 aliphatic rings. The van der Waals surface area contributed by atoms with Crippen LogP contribution in [0.4, 0.5) is 11.6 Å². The van der Waals surface area contributed by atoms with E-state index in [4.69, 9.17) is 18.9 Å². The van der Waals surface area contributed by atoms with E-state index in [1.165, 1.54) is 0 Å². The van der Waals surface area contributed by atoms with Crippen molar-refractivity contribution < 1.29 is 18.9 Å². The predicted octanol–water partition coefficient (Wildman–Crippen LogP) is 1.78. The molecule has 4 rings (SSSR count). The topological polar surface area (TPSA) is 121 Å². The smallest absolute Gasteiger partial charge is 0.257 e. The molecule has 1 saturated heterocycles. The zero-order chi connectivity index (χ0) is 22.0. The van der Waals surface area contributed by atoms with Crippen molar-refractivity contribution in [3.05, 3.63) is 24.2 Å². The number of fused-ring (bicyclic) bond motifs is 1. The summed E-state index contributed by atoms with van der Waals surface area (Å²) in [6.07, 6.45) is 3.22. The minimum atomic E-state index is -0.248. The van der Waals surface area contributed by atoms with Crippen LogP contribution in [0, 0.1) is 11.3 Å². The number of rotatable bonds is 9. The number of methoxy groups -OCH3 is 2. The number of aryl methyl sites for hydroxylation is 1. The van der Waals surface area contributed by atoms with Gasteiger partial charge in [-0.3, -0.25) is 4.68 Å². The largest absolute Gasteiger partial charge is 0.467 e. The summed E-state index contributed by atoms with van der Waals surface area (Å²) in [7, 11) is 5.05. The quantitative estimate of drug-likeness (QED) is 0.544. The van der Waals surface area contributed by atoms with Crippen LogP contribution in [0.3, 0.4) is 0 Å². The van der Waals surface area contributed by atoms with Crippen molar-refractivity contribution in [3.8, 4) is 11.9 Å². The lowest BCUT2D eigenvalue weighted by molar-refractivity contribution is -0.0812. The number of nitrogens with one attached hydrogen (secondary N) is 1. The Morgan fingerprint density at radius 1 is 1.39 bits per heavy atom. The Kier molecular flexibility index (Phi) is 6.03. The van der Waals surface area contributed by atoms with Crippen molar-refractivity contribution in [2.24, 2.45) is 7.05 Å². The maximum absolute atomic E-state index is 9.66. The molecule has 31 heavy (non-hydrogen) atoms. The van der Waals surface area contributed by atoms with Crippen LogP contribution in [-0.4, -0.2) is 70.6 Å². The second-order valence-electron chi connectivity index (χ2n) is 7.38. The first-order valence-corrected chi connectivity index (χ1v) is 9.89. The lowest BCUT2D eigenvalue weighted by Crippen LogP contribution is -2.38. The monoisotopic (exact) mass is 427 g/mol. The number of ether oxygens (including phenoxy) is 4. The molecule has 0 radical (unpaired) electrons. The van der Waals surface area contributed by atoms with Gasteiger partial charge in [0, 0.05) is 32.9 Å². The molecule has 11 nitrogen and oxygen atoms in total. The van der Waals surface area contributed by atoms with Crippen LogP contribution in [0.15, 0.2) is 18.5 Å². The van der Waals surface area contributed by atoms with E-state index in [9.17, 15) is 5.26 Å². The van der Waals surface area contributed by atoms with Crippen molar-refractivity contribution in [1.29, 1.82) is 5.26 Å². The number of nitriles is 1.